The second-order valence-electron chi connectivity index (χ2n) is 5.10. The summed E-state index contributed by atoms with van der Waals surface area (Å²) in [6.07, 6.45) is 1.86. The number of sulfonamides is 1. The molecule has 2 aromatic heterocycles. The van der Waals surface area contributed by atoms with Crippen LogP contribution in [-0.2, 0) is 16.6 Å². The first-order valence-corrected chi connectivity index (χ1v) is 9.15. The van der Waals surface area contributed by atoms with E-state index in [9.17, 15) is 13.2 Å². The van der Waals surface area contributed by atoms with Crippen molar-refractivity contribution in [2.24, 2.45) is 0 Å². The van der Waals surface area contributed by atoms with Crippen molar-refractivity contribution in [1.82, 2.24) is 9.71 Å². The summed E-state index contributed by atoms with van der Waals surface area (Å²) in [4.78, 5) is 15.7. The van der Waals surface area contributed by atoms with Crippen LogP contribution in [0.1, 0.15) is 40.5 Å². The van der Waals surface area contributed by atoms with E-state index in [-0.39, 0.29) is 22.9 Å². The molecule has 3 rings (SSSR count). The standard InChI is InChI=1S/C14H14N2O4S2/c17-14(18)12-4-3-10(16-13(12)9-1-2-9)7-15-22(19,20)11-5-6-21-8-11/h3-6,8-9,15H,1-2,7H2,(H,17,18). The lowest BCUT2D eigenvalue weighted by atomic mass is 10.1. The molecule has 2 aromatic rings. The van der Waals surface area contributed by atoms with Crippen LogP contribution in [0.3, 0.4) is 0 Å². The maximum atomic E-state index is 12.0. The maximum absolute atomic E-state index is 12.0. The Kier molecular flexibility index (Phi) is 3.98. The molecule has 1 saturated carbocycles. The van der Waals surface area contributed by atoms with E-state index in [2.05, 4.69) is 9.71 Å². The Bertz CT molecular complexity index is 796. The van der Waals surface area contributed by atoms with E-state index in [1.165, 1.54) is 23.5 Å². The van der Waals surface area contributed by atoms with Crippen LogP contribution in [0.2, 0.25) is 0 Å². The molecule has 6 nitrogen and oxygen atoms in total. The van der Waals surface area contributed by atoms with Crippen molar-refractivity contribution in [1.29, 1.82) is 0 Å². The lowest BCUT2D eigenvalue weighted by Gasteiger charge is -2.08. The Hall–Kier alpha value is -1.77. The molecule has 0 unspecified atom stereocenters. The maximum Gasteiger partial charge on any atom is 0.337 e. The van der Waals surface area contributed by atoms with Crippen molar-refractivity contribution in [2.75, 3.05) is 0 Å². The van der Waals surface area contributed by atoms with Crippen LogP contribution in [0.4, 0.5) is 0 Å². The molecule has 2 N–H and O–H groups in total. The van der Waals surface area contributed by atoms with Crippen LogP contribution in [0.5, 0.6) is 0 Å². The van der Waals surface area contributed by atoms with Crippen LogP contribution >= 0.6 is 11.3 Å². The molecule has 0 spiro atoms. The average Bonchev–Trinajstić information content (AvgIpc) is 3.18. The first-order chi connectivity index (χ1) is 10.5. The van der Waals surface area contributed by atoms with Gasteiger partial charge in [0.15, 0.2) is 0 Å². The highest BCUT2D eigenvalue weighted by atomic mass is 32.2. The molecule has 1 aliphatic rings. The number of carbonyl (C=O) groups is 1. The number of hydrogen-bond donors (Lipinski definition) is 2. The predicted octanol–water partition coefficient (Wildman–Crippen LogP) is 2.20. The lowest BCUT2D eigenvalue weighted by molar-refractivity contribution is 0.0695. The highest BCUT2D eigenvalue weighted by Gasteiger charge is 2.30. The summed E-state index contributed by atoms with van der Waals surface area (Å²) in [5.41, 5.74) is 1.28. The Labute approximate surface area is 131 Å². The first-order valence-electron chi connectivity index (χ1n) is 6.72. The molecule has 0 aromatic carbocycles. The van der Waals surface area contributed by atoms with Crippen molar-refractivity contribution in [3.8, 4) is 0 Å². The molecule has 1 fully saturated rings. The number of thiophene rings is 1. The van der Waals surface area contributed by atoms with Gasteiger partial charge >= 0.3 is 5.97 Å². The smallest absolute Gasteiger partial charge is 0.337 e. The zero-order chi connectivity index (χ0) is 15.7. The van der Waals surface area contributed by atoms with E-state index in [4.69, 9.17) is 5.11 Å². The molecule has 0 radical (unpaired) electrons. The number of nitrogens with zero attached hydrogens (tertiary/aromatic N) is 1. The number of carboxylic acid groups (broad SMARTS) is 1. The third-order valence-corrected chi connectivity index (χ3v) is 5.66. The SMILES string of the molecule is O=C(O)c1ccc(CNS(=O)(=O)c2ccsc2)nc1C1CC1. The van der Waals surface area contributed by atoms with E-state index in [0.717, 1.165) is 12.8 Å². The van der Waals surface area contributed by atoms with Crippen molar-refractivity contribution >= 4 is 27.3 Å². The topological polar surface area (TPSA) is 96.4 Å². The molecular weight excluding hydrogens is 324 g/mol. The van der Waals surface area contributed by atoms with Gasteiger partial charge < -0.3 is 5.11 Å². The van der Waals surface area contributed by atoms with Gasteiger partial charge in [0.1, 0.15) is 0 Å². The Morgan fingerprint density at radius 2 is 2.14 bits per heavy atom. The largest absolute Gasteiger partial charge is 0.478 e. The van der Waals surface area contributed by atoms with Gasteiger partial charge in [0.2, 0.25) is 10.0 Å². The molecule has 0 amide bonds. The molecule has 2 heterocycles. The van der Waals surface area contributed by atoms with Crippen LogP contribution in [0.15, 0.2) is 33.9 Å². The number of aromatic carboxylic acids is 1. The fraction of sp³-hybridized carbons (Fsp3) is 0.286. The van der Waals surface area contributed by atoms with Crippen molar-refractivity contribution < 1.29 is 18.3 Å². The van der Waals surface area contributed by atoms with Gasteiger partial charge in [-0.25, -0.2) is 17.9 Å². The molecule has 0 bridgehead atoms. The lowest BCUT2D eigenvalue weighted by Crippen LogP contribution is -2.23. The second kappa shape index (κ2) is 5.79. The van der Waals surface area contributed by atoms with Gasteiger partial charge in [-0.2, -0.15) is 11.3 Å². The molecule has 22 heavy (non-hydrogen) atoms. The van der Waals surface area contributed by atoms with Crippen molar-refractivity contribution in [2.45, 2.75) is 30.2 Å². The number of aromatic nitrogens is 1. The van der Waals surface area contributed by atoms with Crippen LogP contribution in [0.25, 0.3) is 0 Å². The van der Waals surface area contributed by atoms with Gasteiger partial charge in [0.05, 0.1) is 28.4 Å². The van der Waals surface area contributed by atoms with Gasteiger partial charge in [0.25, 0.3) is 0 Å². The van der Waals surface area contributed by atoms with Gasteiger partial charge in [-0.05, 0) is 36.4 Å². The molecule has 0 aliphatic heterocycles. The van der Waals surface area contributed by atoms with Gasteiger partial charge in [0, 0.05) is 11.3 Å². The van der Waals surface area contributed by atoms with Crippen molar-refractivity contribution in [3.05, 3.63) is 45.9 Å². The van der Waals surface area contributed by atoms with E-state index >= 15 is 0 Å². The van der Waals surface area contributed by atoms with Crippen LogP contribution < -0.4 is 4.72 Å². The van der Waals surface area contributed by atoms with Crippen LogP contribution in [0, 0.1) is 0 Å². The molecule has 8 heteroatoms. The normalized spacial score (nSPS) is 14.9. The molecule has 0 atom stereocenters. The quantitative estimate of drug-likeness (QED) is 0.842. The average molecular weight is 338 g/mol. The highest BCUT2D eigenvalue weighted by molar-refractivity contribution is 7.89. The summed E-state index contributed by atoms with van der Waals surface area (Å²) in [5, 5.41) is 12.4. The number of hydrogen-bond acceptors (Lipinski definition) is 5. The third kappa shape index (κ3) is 3.18. The fourth-order valence-corrected chi connectivity index (χ4v) is 4.15. The molecule has 116 valence electrons. The summed E-state index contributed by atoms with van der Waals surface area (Å²) in [6.45, 7) is 0.0395. The van der Waals surface area contributed by atoms with E-state index in [0.29, 0.717) is 11.4 Å². The van der Waals surface area contributed by atoms with Gasteiger partial charge in [-0.1, -0.05) is 0 Å². The number of nitrogens with one attached hydrogen (secondary N) is 1. The minimum absolute atomic E-state index is 0.0395. The van der Waals surface area contributed by atoms with Crippen LogP contribution in [-0.4, -0.2) is 24.5 Å². The third-order valence-electron chi connectivity index (χ3n) is 3.43. The minimum atomic E-state index is -3.55. The highest BCUT2D eigenvalue weighted by Crippen LogP contribution is 2.40. The van der Waals surface area contributed by atoms with E-state index < -0.39 is 16.0 Å². The molecule has 0 saturated heterocycles. The zero-order valence-corrected chi connectivity index (χ0v) is 13.2. The minimum Gasteiger partial charge on any atom is -0.478 e. The summed E-state index contributed by atoms with van der Waals surface area (Å²) >= 11 is 1.31. The predicted molar refractivity (Wildman–Crippen MR) is 81.5 cm³/mol. The Morgan fingerprint density at radius 3 is 2.73 bits per heavy atom. The summed E-state index contributed by atoms with van der Waals surface area (Å²) in [6, 6.07) is 4.58. The Morgan fingerprint density at radius 1 is 1.36 bits per heavy atom. The summed E-state index contributed by atoms with van der Waals surface area (Å²) in [7, 11) is -3.55. The van der Waals surface area contributed by atoms with Gasteiger partial charge in [-0.3, -0.25) is 4.98 Å². The second-order valence-corrected chi connectivity index (χ2v) is 7.65. The monoisotopic (exact) mass is 338 g/mol. The molecule has 1 aliphatic carbocycles. The van der Waals surface area contributed by atoms with E-state index in [1.807, 2.05) is 0 Å². The number of carboxylic acids is 1. The molecular formula is C14H14N2O4S2. The first kappa shape index (κ1) is 15.1. The zero-order valence-electron chi connectivity index (χ0n) is 11.5. The van der Waals surface area contributed by atoms with Crippen molar-refractivity contribution in [3.63, 3.8) is 0 Å². The number of rotatable bonds is 6. The Balaban J connectivity index is 1.79. The summed E-state index contributed by atoms with van der Waals surface area (Å²) in [5.74, 6) is -0.820. The van der Waals surface area contributed by atoms with Gasteiger partial charge in [-0.15, -0.1) is 0 Å². The fourth-order valence-electron chi connectivity index (χ4n) is 2.12. The summed E-state index contributed by atoms with van der Waals surface area (Å²) < 4.78 is 26.6. The number of pyridine rings is 1. The van der Waals surface area contributed by atoms with E-state index in [1.54, 1.807) is 16.8 Å².